The molecule has 1 aromatic rings. The summed E-state index contributed by atoms with van der Waals surface area (Å²) in [6.07, 6.45) is 6.70. The Bertz CT molecular complexity index is 591. The Morgan fingerprint density at radius 3 is 2.96 bits per heavy atom. The lowest BCUT2D eigenvalue weighted by Crippen LogP contribution is -2.49. The van der Waals surface area contributed by atoms with E-state index in [1.807, 2.05) is 18.2 Å². The van der Waals surface area contributed by atoms with Crippen LogP contribution in [0.15, 0.2) is 24.4 Å². The predicted molar refractivity (Wildman–Crippen MR) is 97.7 cm³/mol. The second-order valence-electron chi connectivity index (χ2n) is 7.65. The Kier molecular flexibility index (Phi) is 5.82. The normalized spacial score (nSPS) is 30.1. The van der Waals surface area contributed by atoms with E-state index in [-0.39, 0.29) is 18.1 Å². The maximum absolute atomic E-state index is 12.5. The highest BCUT2D eigenvalue weighted by atomic mass is 16.5. The summed E-state index contributed by atoms with van der Waals surface area (Å²) in [5.74, 6) is 0.561. The van der Waals surface area contributed by atoms with Gasteiger partial charge in [-0.3, -0.25) is 14.7 Å². The number of piperidine rings is 1. The highest BCUT2D eigenvalue weighted by molar-refractivity contribution is 5.81. The van der Waals surface area contributed by atoms with Crippen LogP contribution in [0.3, 0.4) is 0 Å². The molecular formula is C20H29N3O3. The fourth-order valence-electron chi connectivity index (χ4n) is 4.48. The lowest BCUT2D eigenvalue weighted by Gasteiger charge is -2.40. The van der Waals surface area contributed by atoms with Crippen molar-refractivity contribution >= 4 is 5.91 Å². The lowest BCUT2D eigenvalue weighted by atomic mass is 9.90. The van der Waals surface area contributed by atoms with Gasteiger partial charge in [0.25, 0.3) is 0 Å². The van der Waals surface area contributed by atoms with Crippen molar-refractivity contribution in [2.45, 2.75) is 50.4 Å². The first-order valence-corrected chi connectivity index (χ1v) is 9.94. The number of hydrogen-bond donors (Lipinski definition) is 1. The molecule has 0 aromatic carbocycles. The van der Waals surface area contributed by atoms with E-state index in [1.165, 1.54) is 0 Å². The topological polar surface area (TPSA) is 63.7 Å². The molecule has 3 aliphatic rings. The van der Waals surface area contributed by atoms with Crippen LogP contribution in [0.4, 0.5) is 0 Å². The van der Waals surface area contributed by atoms with E-state index >= 15 is 0 Å². The molecule has 0 radical (unpaired) electrons. The molecule has 0 spiro atoms. The fraction of sp³-hybridized carbons (Fsp3) is 0.700. The van der Waals surface area contributed by atoms with Gasteiger partial charge in [0.05, 0.1) is 6.10 Å². The summed E-state index contributed by atoms with van der Waals surface area (Å²) in [5, 5.41) is 3.02. The van der Waals surface area contributed by atoms with Crippen molar-refractivity contribution in [3.8, 4) is 0 Å². The summed E-state index contributed by atoms with van der Waals surface area (Å²) in [7, 11) is 0. The first-order chi connectivity index (χ1) is 12.8. The molecule has 0 aliphatic carbocycles. The number of likely N-dealkylation sites (tertiary alicyclic amines) is 1. The molecule has 3 aliphatic heterocycles. The number of amides is 1. The third-order valence-corrected chi connectivity index (χ3v) is 5.99. The van der Waals surface area contributed by atoms with E-state index in [2.05, 4.69) is 15.2 Å². The molecule has 0 saturated carbocycles. The summed E-state index contributed by atoms with van der Waals surface area (Å²) in [6, 6.07) is 6.48. The van der Waals surface area contributed by atoms with Gasteiger partial charge in [-0.2, -0.15) is 0 Å². The largest absolute Gasteiger partial charge is 0.381 e. The predicted octanol–water partition coefficient (Wildman–Crippen LogP) is 1.40. The molecule has 3 fully saturated rings. The van der Waals surface area contributed by atoms with Crippen LogP contribution in [-0.4, -0.2) is 66.9 Å². The van der Waals surface area contributed by atoms with Gasteiger partial charge < -0.3 is 14.8 Å². The molecule has 1 N–H and O–H groups in total. The Labute approximate surface area is 155 Å². The van der Waals surface area contributed by atoms with Gasteiger partial charge in [0.1, 0.15) is 6.10 Å². The summed E-state index contributed by atoms with van der Waals surface area (Å²) in [5.41, 5.74) is 1.00. The zero-order valence-electron chi connectivity index (χ0n) is 15.3. The quantitative estimate of drug-likeness (QED) is 0.861. The molecule has 1 amide bonds. The van der Waals surface area contributed by atoms with Crippen molar-refractivity contribution in [1.29, 1.82) is 0 Å². The van der Waals surface area contributed by atoms with E-state index in [0.29, 0.717) is 18.5 Å². The maximum Gasteiger partial charge on any atom is 0.249 e. The number of carbonyl (C=O) groups is 1. The van der Waals surface area contributed by atoms with E-state index < -0.39 is 0 Å². The van der Waals surface area contributed by atoms with Crippen molar-refractivity contribution in [2.24, 2.45) is 5.92 Å². The monoisotopic (exact) mass is 359 g/mol. The van der Waals surface area contributed by atoms with E-state index in [4.69, 9.17) is 9.47 Å². The summed E-state index contributed by atoms with van der Waals surface area (Å²) in [4.78, 5) is 19.3. The minimum absolute atomic E-state index is 0.0351. The number of ether oxygens (including phenoxy) is 2. The van der Waals surface area contributed by atoms with Gasteiger partial charge in [-0.1, -0.05) is 6.07 Å². The highest BCUT2D eigenvalue weighted by Crippen LogP contribution is 2.34. The molecule has 0 unspecified atom stereocenters. The van der Waals surface area contributed by atoms with Crippen molar-refractivity contribution in [3.63, 3.8) is 0 Å². The van der Waals surface area contributed by atoms with Crippen LogP contribution in [0, 0.1) is 5.92 Å². The average Bonchev–Trinajstić information content (AvgIpc) is 3.13. The van der Waals surface area contributed by atoms with Crippen LogP contribution in [0.25, 0.3) is 0 Å². The van der Waals surface area contributed by atoms with Crippen molar-refractivity contribution in [1.82, 2.24) is 15.2 Å². The third-order valence-electron chi connectivity index (χ3n) is 5.99. The van der Waals surface area contributed by atoms with Crippen LogP contribution >= 0.6 is 0 Å². The molecule has 6 nitrogen and oxygen atoms in total. The number of fused-ring (bicyclic) bond motifs is 1. The number of nitrogens with zero attached hydrogens (tertiary/aromatic N) is 2. The highest BCUT2D eigenvalue weighted by Gasteiger charge is 2.42. The first-order valence-electron chi connectivity index (χ1n) is 9.94. The Morgan fingerprint density at radius 2 is 2.15 bits per heavy atom. The zero-order chi connectivity index (χ0) is 17.8. The third kappa shape index (κ3) is 4.24. The van der Waals surface area contributed by atoms with Crippen LogP contribution in [0.2, 0.25) is 0 Å². The van der Waals surface area contributed by atoms with Gasteiger partial charge in [0.15, 0.2) is 0 Å². The Balaban J connectivity index is 1.23. The first kappa shape index (κ1) is 17.9. The van der Waals surface area contributed by atoms with E-state index in [9.17, 15) is 4.79 Å². The summed E-state index contributed by atoms with van der Waals surface area (Å²) >= 11 is 0. The second-order valence-corrected chi connectivity index (χ2v) is 7.65. The molecular weight excluding hydrogens is 330 g/mol. The molecule has 0 bridgehead atoms. The van der Waals surface area contributed by atoms with Crippen molar-refractivity contribution in [3.05, 3.63) is 30.1 Å². The summed E-state index contributed by atoms with van der Waals surface area (Å²) < 4.78 is 11.6. The summed E-state index contributed by atoms with van der Waals surface area (Å²) in [6.45, 7) is 4.45. The number of aromatic nitrogens is 1. The zero-order valence-corrected chi connectivity index (χ0v) is 15.3. The van der Waals surface area contributed by atoms with Crippen LogP contribution in [-0.2, 0) is 20.7 Å². The number of pyridine rings is 1. The van der Waals surface area contributed by atoms with Crippen LogP contribution < -0.4 is 5.32 Å². The molecule has 3 saturated heterocycles. The minimum Gasteiger partial charge on any atom is -0.381 e. The van der Waals surface area contributed by atoms with Crippen molar-refractivity contribution in [2.75, 3.05) is 32.8 Å². The van der Waals surface area contributed by atoms with Gasteiger partial charge in [0, 0.05) is 50.7 Å². The lowest BCUT2D eigenvalue weighted by molar-refractivity contribution is -0.133. The van der Waals surface area contributed by atoms with Crippen LogP contribution in [0.1, 0.15) is 31.4 Å². The molecule has 3 atom stereocenters. The standard InChI is InChI=1S/C20H29N3O3/c24-20(22-9-4-16-3-1-2-8-21-16)18-13-15-5-10-23(14-19(15)26-18)17-6-11-25-12-7-17/h1-3,8,15,17-19H,4-7,9-14H2,(H,22,24)/t15-,18+,19-/m1/s1. The SMILES string of the molecule is O=C(NCCc1ccccn1)[C@@H]1C[C@H]2CCN(C3CCOCC3)C[C@H]2O1. The maximum atomic E-state index is 12.5. The van der Waals surface area contributed by atoms with Gasteiger partial charge in [-0.25, -0.2) is 0 Å². The molecule has 26 heavy (non-hydrogen) atoms. The second kappa shape index (κ2) is 8.46. The van der Waals surface area contributed by atoms with Gasteiger partial charge >= 0.3 is 0 Å². The van der Waals surface area contributed by atoms with Gasteiger partial charge in [-0.15, -0.1) is 0 Å². The number of nitrogens with one attached hydrogen (secondary N) is 1. The molecule has 1 aromatic heterocycles. The van der Waals surface area contributed by atoms with Crippen molar-refractivity contribution < 1.29 is 14.3 Å². The molecule has 4 rings (SSSR count). The minimum atomic E-state index is -0.289. The van der Waals surface area contributed by atoms with Gasteiger partial charge in [0.2, 0.25) is 5.91 Å². The van der Waals surface area contributed by atoms with Gasteiger partial charge in [-0.05, 0) is 50.3 Å². The van der Waals surface area contributed by atoms with E-state index in [0.717, 1.165) is 64.1 Å². The molecule has 142 valence electrons. The van der Waals surface area contributed by atoms with Crippen LogP contribution in [0.5, 0.6) is 0 Å². The Morgan fingerprint density at radius 1 is 1.27 bits per heavy atom. The van der Waals surface area contributed by atoms with E-state index in [1.54, 1.807) is 6.20 Å². The number of hydrogen-bond acceptors (Lipinski definition) is 5. The smallest absolute Gasteiger partial charge is 0.249 e. The molecule has 4 heterocycles. The average molecular weight is 359 g/mol. The fourth-order valence-corrected chi connectivity index (χ4v) is 4.48. The Hall–Kier alpha value is -1.50. The molecule has 6 heteroatoms. The number of carbonyl (C=O) groups excluding carboxylic acids is 1. The number of rotatable bonds is 5.